The van der Waals surface area contributed by atoms with Crippen LogP contribution >= 0.6 is 0 Å². The Labute approximate surface area is 155 Å². The minimum Gasteiger partial charge on any atom is -0.406 e. The number of anilines is 1. The van der Waals surface area contributed by atoms with Crippen molar-refractivity contribution in [3.8, 4) is 16.9 Å². The molecule has 5 nitrogen and oxygen atoms in total. The normalized spacial score (nSPS) is 11.4. The van der Waals surface area contributed by atoms with E-state index in [1.807, 2.05) is 0 Å². The van der Waals surface area contributed by atoms with E-state index in [0.717, 1.165) is 23.0 Å². The van der Waals surface area contributed by atoms with Crippen LogP contribution in [0.3, 0.4) is 0 Å². The summed E-state index contributed by atoms with van der Waals surface area (Å²) in [6, 6.07) is 8.78. The maximum Gasteiger partial charge on any atom is 0.438 e. The lowest BCUT2D eigenvalue weighted by molar-refractivity contribution is -0.142. The van der Waals surface area contributed by atoms with Crippen LogP contribution in [-0.4, -0.2) is 15.9 Å². The van der Waals surface area contributed by atoms with Gasteiger partial charge >= 0.3 is 12.3 Å². The monoisotopic (exact) mass is 397 g/mol. The quantitative estimate of drug-likeness (QED) is 0.633. The zero-order chi connectivity index (χ0) is 20.5. The Morgan fingerprint density at radius 2 is 1.75 bits per heavy atom. The van der Waals surface area contributed by atoms with Gasteiger partial charge in [0.2, 0.25) is 5.69 Å². The summed E-state index contributed by atoms with van der Waals surface area (Å²) in [6.07, 6.45) is -5.13. The van der Waals surface area contributed by atoms with Gasteiger partial charge in [0.1, 0.15) is 11.6 Å². The number of carbonyl (C=O) groups is 1. The molecule has 10 heteroatoms. The average Bonchev–Trinajstić information content (AvgIpc) is 2.95. The van der Waals surface area contributed by atoms with Crippen molar-refractivity contribution < 1.29 is 31.5 Å². The number of nitrogens with zero attached hydrogens (tertiary/aromatic N) is 2. The lowest BCUT2D eigenvalue weighted by atomic mass is 10.0. The maximum absolute atomic E-state index is 13.5. The molecule has 0 aliphatic carbocycles. The molecule has 3 aromatic rings. The summed E-state index contributed by atoms with van der Waals surface area (Å²) in [7, 11) is 1.24. The summed E-state index contributed by atoms with van der Waals surface area (Å²) >= 11 is 0. The molecule has 1 heterocycles. The van der Waals surface area contributed by atoms with E-state index in [2.05, 4.69) is 10.4 Å². The third kappa shape index (κ3) is 4.27. The minimum atomic E-state index is -4.81. The van der Waals surface area contributed by atoms with Gasteiger partial charge in [0, 0.05) is 18.7 Å². The fraction of sp³-hybridized carbons (Fsp3) is 0.111. The topological polar surface area (TPSA) is 56.1 Å². The highest BCUT2D eigenvalue weighted by atomic mass is 19.4. The van der Waals surface area contributed by atoms with Crippen molar-refractivity contribution in [1.29, 1.82) is 0 Å². The lowest BCUT2D eigenvalue weighted by Gasteiger charge is -2.12. The molecule has 2 aromatic carbocycles. The summed E-state index contributed by atoms with van der Waals surface area (Å²) in [6.45, 7) is 0. The van der Waals surface area contributed by atoms with Crippen LogP contribution in [0.25, 0.3) is 11.1 Å². The van der Waals surface area contributed by atoms with Crippen molar-refractivity contribution >= 4 is 11.8 Å². The van der Waals surface area contributed by atoms with Gasteiger partial charge in [-0.1, -0.05) is 18.2 Å². The molecular weight excluding hydrogens is 385 g/mol. The van der Waals surface area contributed by atoms with E-state index >= 15 is 0 Å². The number of rotatable bonds is 3. The number of benzene rings is 2. The van der Waals surface area contributed by atoms with Crippen molar-refractivity contribution in [1.82, 2.24) is 9.78 Å². The number of halogens is 5. The van der Waals surface area contributed by atoms with Crippen LogP contribution in [0.5, 0.6) is 5.75 Å². The molecule has 0 atom stereocenters. The molecule has 0 spiro atoms. The maximum atomic E-state index is 13.5. The van der Waals surface area contributed by atoms with Gasteiger partial charge in [0.25, 0.3) is 0 Å². The van der Waals surface area contributed by atoms with Gasteiger partial charge in [0.15, 0.2) is 5.75 Å². The Kier molecular flexibility index (Phi) is 5.04. The standard InChI is InChI=1S/C18H12F5N3O2/c1-26-9-15(16(25-26)18(21,22)23)28-17(27)24-14-5-3-2-4-13(14)10-6-11(19)8-12(20)7-10/h2-9H,1H3,(H,24,27). The molecule has 0 unspecified atom stereocenters. The summed E-state index contributed by atoms with van der Waals surface area (Å²) in [4.78, 5) is 12.1. The Morgan fingerprint density at radius 1 is 1.11 bits per heavy atom. The van der Waals surface area contributed by atoms with Crippen LogP contribution in [0.2, 0.25) is 0 Å². The van der Waals surface area contributed by atoms with Crippen molar-refractivity contribution in [3.63, 3.8) is 0 Å². The molecule has 1 N–H and O–H groups in total. The van der Waals surface area contributed by atoms with E-state index in [-0.39, 0.29) is 16.8 Å². The van der Waals surface area contributed by atoms with Gasteiger partial charge in [-0.25, -0.2) is 13.6 Å². The predicted octanol–water partition coefficient (Wildman–Crippen LogP) is 5.00. The van der Waals surface area contributed by atoms with E-state index in [0.29, 0.717) is 6.07 Å². The molecule has 1 aromatic heterocycles. The SMILES string of the molecule is Cn1cc(OC(=O)Nc2ccccc2-c2cc(F)cc(F)c2)c(C(F)(F)F)n1. The molecule has 0 radical (unpaired) electrons. The molecule has 0 aliphatic rings. The number of carbonyl (C=O) groups excluding carboxylic acids is 1. The van der Waals surface area contributed by atoms with Crippen LogP contribution in [0.15, 0.2) is 48.7 Å². The van der Waals surface area contributed by atoms with Gasteiger partial charge < -0.3 is 4.74 Å². The van der Waals surface area contributed by atoms with Crippen LogP contribution in [-0.2, 0) is 13.2 Å². The van der Waals surface area contributed by atoms with Crippen molar-refractivity contribution in [3.05, 3.63) is 66.0 Å². The Hall–Kier alpha value is -3.43. The number of hydrogen-bond acceptors (Lipinski definition) is 3. The Bertz CT molecular complexity index is 1010. The van der Waals surface area contributed by atoms with Gasteiger partial charge in [-0.2, -0.15) is 18.3 Å². The zero-order valence-corrected chi connectivity index (χ0v) is 14.2. The molecule has 0 fully saturated rings. The molecular formula is C18H12F5N3O2. The van der Waals surface area contributed by atoms with Gasteiger partial charge in [-0.05, 0) is 23.8 Å². The molecule has 0 saturated carbocycles. The summed E-state index contributed by atoms with van der Waals surface area (Å²) < 4.78 is 71.4. The molecule has 0 saturated heterocycles. The van der Waals surface area contributed by atoms with E-state index in [9.17, 15) is 26.7 Å². The predicted molar refractivity (Wildman–Crippen MR) is 89.7 cm³/mol. The largest absolute Gasteiger partial charge is 0.438 e. The second kappa shape index (κ2) is 7.29. The first-order valence-corrected chi connectivity index (χ1v) is 7.78. The lowest BCUT2D eigenvalue weighted by Crippen LogP contribution is -2.19. The number of aromatic nitrogens is 2. The molecule has 3 rings (SSSR count). The number of aryl methyl sites for hydroxylation is 1. The van der Waals surface area contributed by atoms with E-state index in [1.54, 1.807) is 6.07 Å². The molecule has 146 valence electrons. The summed E-state index contributed by atoms with van der Waals surface area (Å²) in [5.41, 5.74) is -0.883. The third-order valence-electron chi connectivity index (χ3n) is 3.60. The minimum absolute atomic E-state index is 0.0925. The van der Waals surface area contributed by atoms with Gasteiger partial charge in [0.05, 0.1) is 11.9 Å². The third-order valence-corrected chi connectivity index (χ3v) is 3.60. The Balaban J connectivity index is 1.87. The fourth-order valence-corrected chi connectivity index (χ4v) is 2.53. The highest BCUT2D eigenvalue weighted by Gasteiger charge is 2.38. The smallest absolute Gasteiger partial charge is 0.406 e. The summed E-state index contributed by atoms with van der Waals surface area (Å²) in [5, 5.41) is 5.50. The van der Waals surface area contributed by atoms with Crippen molar-refractivity contribution in [2.75, 3.05) is 5.32 Å². The van der Waals surface area contributed by atoms with Crippen LogP contribution in [0.1, 0.15) is 5.69 Å². The zero-order valence-electron chi connectivity index (χ0n) is 14.2. The first-order chi connectivity index (χ1) is 13.1. The first-order valence-electron chi connectivity index (χ1n) is 7.78. The highest BCUT2D eigenvalue weighted by molar-refractivity contribution is 5.92. The van der Waals surface area contributed by atoms with E-state index in [4.69, 9.17) is 4.74 Å². The number of para-hydroxylation sites is 1. The number of amides is 1. The Morgan fingerprint density at radius 3 is 2.39 bits per heavy atom. The van der Waals surface area contributed by atoms with Gasteiger partial charge in [-0.15, -0.1) is 0 Å². The van der Waals surface area contributed by atoms with Crippen molar-refractivity contribution in [2.24, 2.45) is 7.05 Å². The highest BCUT2D eigenvalue weighted by Crippen LogP contribution is 2.35. The second-order valence-corrected chi connectivity index (χ2v) is 5.73. The summed E-state index contributed by atoms with van der Waals surface area (Å²) in [5.74, 6) is -2.42. The molecule has 1 amide bonds. The second-order valence-electron chi connectivity index (χ2n) is 5.73. The van der Waals surface area contributed by atoms with Crippen molar-refractivity contribution in [2.45, 2.75) is 6.18 Å². The number of hydrogen-bond donors (Lipinski definition) is 1. The number of ether oxygens (including phenoxy) is 1. The van der Waals surface area contributed by atoms with Gasteiger partial charge in [-0.3, -0.25) is 10.00 Å². The van der Waals surface area contributed by atoms with E-state index in [1.165, 1.54) is 25.2 Å². The van der Waals surface area contributed by atoms with E-state index < -0.39 is 35.3 Å². The fourth-order valence-electron chi connectivity index (χ4n) is 2.53. The molecule has 0 aliphatic heterocycles. The number of nitrogens with one attached hydrogen (secondary N) is 1. The van der Waals surface area contributed by atoms with Crippen LogP contribution < -0.4 is 10.1 Å². The molecule has 28 heavy (non-hydrogen) atoms. The number of alkyl halides is 3. The average molecular weight is 397 g/mol. The molecule has 0 bridgehead atoms. The first kappa shape index (κ1) is 19.3. The van der Waals surface area contributed by atoms with Crippen LogP contribution in [0, 0.1) is 11.6 Å². The van der Waals surface area contributed by atoms with Crippen LogP contribution in [0.4, 0.5) is 32.4 Å².